The monoisotopic (exact) mass is 329 g/mol. The summed E-state index contributed by atoms with van der Waals surface area (Å²) in [5, 5.41) is 0. The van der Waals surface area contributed by atoms with Crippen LogP contribution in [0.3, 0.4) is 0 Å². The number of fused-ring (bicyclic) bond motifs is 1. The van der Waals surface area contributed by atoms with Crippen molar-refractivity contribution in [2.75, 3.05) is 0 Å². The van der Waals surface area contributed by atoms with E-state index >= 15 is 0 Å². The lowest BCUT2D eigenvalue weighted by atomic mass is 9.79. The molecule has 2 aliphatic carbocycles. The number of allylic oxidation sites excluding steroid dienone is 1. The third-order valence-electron chi connectivity index (χ3n) is 6.15. The van der Waals surface area contributed by atoms with E-state index < -0.39 is 0 Å². The van der Waals surface area contributed by atoms with Crippen molar-refractivity contribution < 1.29 is 0 Å². The summed E-state index contributed by atoms with van der Waals surface area (Å²) in [5.74, 6) is 2.26. The molecule has 2 aromatic carbocycles. The van der Waals surface area contributed by atoms with E-state index in [4.69, 9.17) is 0 Å². The second kappa shape index (κ2) is 6.83. The first-order valence-corrected chi connectivity index (χ1v) is 9.91. The molecule has 1 fully saturated rings. The highest BCUT2D eigenvalue weighted by Crippen LogP contribution is 2.42. The molecule has 0 spiro atoms. The van der Waals surface area contributed by atoms with Crippen molar-refractivity contribution in [3.63, 3.8) is 0 Å². The fourth-order valence-electron chi connectivity index (χ4n) is 4.39. The zero-order valence-electron chi connectivity index (χ0n) is 15.8. The lowest BCUT2D eigenvalue weighted by molar-refractivity contribution is 0.323. The summed E-state index contributed by atoms with van der Waals surface area (Å²) in [4.78, 5) is 0. The van der Waals surface area contributed by atoms with Crippen LogP contribution in [-0.4, -0.2) is 0 Å². The van der Waals surface area contributed by atoms with E-state index in [1.54, 1.807) is 5.57 Å². The van der Waals surface area contributed by atoms with E-state index in [1.807, 2.05) is 0 Å². The highest BCUT2D eigenvalue weighted by atomic mass is 14.3. The molecule has 0 aromatic heterocycles. The van der Waals surface area contributed by atoms with Gasteiger partial charge in [-0.1, -0.05) is 87.7 Å². The molecule has 0 aliphatic heterocycles. The summed E-state index contributed by atoms with van der Waals surface area (Å²) in [6.45, 7) is 6.91. The molecule has 2 aliphatic rings. The Morgan fingerprint density at radius 3 is 2.28 bits per heavy atom. The van der Waals surface area contributed by atoms with Crippen LogP contribution in [0.5, 0.6) is 0 Å². The average molecular weight is 330 g/mol. The van der Waals surface area contributed by atoms with E-state index in [9.17, 15) is 0 Å². The Morgan fingerprint density at radius 2 is 1.60 bits per heavy atom. The molecule has 1 saturated carbocycles. The average Bonchev–Trinajstić information content (AvgIpc) is 3.06. The van der Waals surface area contributed by atoms with Gasteiger partial charge in [0.05, 0.1) is 0 Å². The molecule has 0 heteroatoms. The van der Waals surface area contributed by atoms with Gasteiger partial charge in [-0.2, -0.15) is 0 Å². The van der Waals surface area contributed by atoms with Crippen molar-refractivity contribution in [3.05, 3.63) is 71.1 Å². The maximum absolute atomic E-state index is 2.47. The lowest BCUT2D eigenvalue weighted by Crippen LogP contribution is -2.13. The number of hydrogen-bond donors (Lipinski definition) is 0. The van der Waals surface area contributed by atoms with Crippen LogP contribution in [0.2, 0.25) is 0 Å². The molecule has 4 rings (SSSR count). The predicted octanol–water partition coefficient (Wildman–Crippen LogP) is 7.25. The molecule has 0 amide bonds. The first kappa shape index (κ1) is 16.6. The standard InChI is InChI=1S/C25H29/c1-17(2)19-11-13-21(14-12-19)24-6-4-5-22-15-23(16-25(22)24)20-9-7-18(3)8-10-20/h4-6,11-18,20H,7-10H2,1-3H3. The third-order valence-corrected chi connectivity index (χ3v) is 6.15. The molecule has 0 N–H and O–H groups in total. The number of rotatable bonds is 3. The molecule has 0 unspecified atom stereocenters. The maximum atomic E-state index is 2.47. The molecule has 0 heterocycles. The van der Waals surface area contributed by atoms with Crippen LogP contribution in [0.1, 0.15) is 69.1 Å². The topological polar surface area (TPSA) is 0 Å². The van der Waals surface area contributed by atoms with Crippen LogP contribution in [0.4, 0.5) is 0 Å². The quantitative estimate of drug-likeness (QED) is 0.556. The van der Waals surface area contributed by atoms with Gasteiger partial charge < -0.3 is 0 Å². The summed E-state index contributed by atoms with van der Waals surface area (Å²) >= 11 is 0. The Labute approximate surface area is 153 Å². The van der Waals surface area contributed by atoms with Crippen molar-refractivity contribution >= 4 is 6.08 Å². The molecule has 0 saturated heterocycles. The van der Waals surface area contributed by atoms with Gasteiger partial charge >= 0.3 is 0 Å². The predicted molar refractivity (Wildman–Crippen MR) is 108 cm³/mol. The molecule has 2 aromatic rings. The van der Waals surface area contributed by atoms with Crippen LogP contribution in [0.15, 0.2) is 48.0 Å². The second-order valence-electron chi connectivity index (χ2n) is 8.33. The SMILES string of the molecule is CC1CCC(C2=Cc3c(cccc3-c3ccc(C(C)C)cc3)[CH]2)CC1. The van der Waals surface area contributed by atoms with Gasteiger partial charge in [0.1, 0.15) is 0 Å². The Bertz CT molecular complexity index is 768. The fraction of sp³-hybridized carbons (Fsp3) is 0.400. The Balaban J connectivity index is 1.63. The minimum absolute atomic E-state index is 0.587. The smallest absolute Gasteiger partial charge is 0.0167 e. The van der Waals surface area contributed by atoms with Crippen LogP contribution in [0.25, 0.3) is 17.2 Å². The van der Waals surface area contributed by atoms with Gasteiger partial charge in [0, 0.05) is 6.42 Å². The summed E-state index contributed by atoms with van der Waals surface area (Å²) in [6, 6.07) is 15.9. The summed E-state index contributed by atoms with van der Waals surface area (Å²) < 4.78 is 0. The Morgan fingerprint density at radius 1 is 0.880 bits per heavy atom. The second-order valence-corrected chi connectivity index (χ2v) is 8.33. The van der Waals surface area contributed by atoms with E-state index in [-0.39, 0.29) is 0 Å². The van der Waals surface area contributed by atoms with Crippen molar-refractivity contribution in [1.82, 2.24) is 0 Å². The summed E-state index contributed by atoms with van der Waals surface area (Å²) in [6.07, 6.45) is 10.4. The van der Waals surface area contributed by atoms with Crippen LogP contribution < -0.4 is 0 Å². The zero-order chi connectivity index (χ0) is 17.4. The van der Waals surface area contributed by atoms with Crippen molar-refractivity contribution in [2.24, 2.45) is 11.8 Å². The van der Waals surface area contributed by atoms with Gasteiger partial charge in [0.25, 0.3) is 0 Å². The van der Waals surface area contributed by atoms with Crippen LogP contribution in [0, 0.1) is 18.3 Å². The number of benzene rings is 2. The molecular weight excluding hydrogens is 300 g/mol. The molecular formula is C25H29. The number of hydrogen-bond acceptors (Lipinski definition) is 0. The zero-order valence-corrected chi connectivity index (χ0v) is 15.8. The summed E-state index contributed by atoms with van der Waals surface area (Å²) in [5.41, 5.74) is 8.52. The van der Waals surface area contributed by atoms with Gasteiger partial charge in [0.2, 0.25) is 0 Å². The van der Waals surface area contributed by atoms with Gasteiger partial charge in [0.15, 0.2) is 0 Å². The van der Waals surface area contributed by atoms with Crippen LogP contribution >= 0.6 is 0 Å². The van der Waals surface area contributed by atoms with Gasteiger partial charge in [-0.05, 0) is 58.4 Å². The minimum Gasteiger partial charge on any atom is -0.0625 e. The third kappa shape index (κ3) is 3.32. The van der Waals surface area contributed by atoms with Crippen molar-refractivity contribution in [2.45, 2.75) is 52.4 Å². The van der Waals surface area contributed by atoms with E-state index in [1.165, 1.54) is 53.5 Å². The van der Waals surface area contributed by atoms with E-state index in [2.05, 4.69) is 75.7 Å². The molecule has 25 heavy (non-hydrogen) atoms. The molecule has 0 bridgehead atoms. The Kier molecular flexibility index (Phi) is 4.54. The van der Waals surface area contributed by atoms with Gasteiger partial charge in [-0.15, -0.1) is 0 Å². The normalized spacial score (nSPS) is 22.8. The van der Waals surface area contributed by atoms with Crippen molar-refractivity contribution in [1.29, 1.82) is 0 Å². The summed E-state index contributed by atoms with van der Waals surface area (Å²) in [7, 11) is 0. The lowest BCUT2D eigenvalue weighted by Gasteiger charge is -2.27. The fourth-order valence-corrected chi connectivity index (χ4v) is 4.39. The first-order valence-electron chi connectivity index (χ1n) is 9.91. The minimum atomic E-state index is 0.587. The largest absolute Gasteiger partial charge is 0.0625 e. The molecule has 1 radical (unpaired) electrons. The molecule has 129 valence electrons. The van der Waals surface area contributed by atoms with E-state index in [0.29, 0.717) is 5.92 Å². The maximum Gasteiger partial charge on any atom is 0.0167 e. The van der Waals surface area contributed by atoms with Gasteiger partial charge in [-0.25, -0.2) is 0 Å². The molecule has 0 nitrogen and oxygen atoms in total. The first-order chi connectivity index (χ1) is 12.1. The van der Waals surface area contributed by atoms with Crippen LogP contribution in [-0.2, 0) is 0 Å². The van der Waals surface area contributed by atoms with Gasteiger partial charge in [-0.3, -0.25) is 0 Å². The van der Waals surface area contributed by atoms with Crippen molar-refractivity contribution in [3.8, 4) is 11.1 Å². The molecule has 0 atom stereocenters. The Hall–Kier alpha value is -1.82. The highest BCUT2D eigenvalue weighted by molar-refractivity contribution is 5.83. The highest BCUT2D eigenvalue weighted by Gasteiger charge is 2.26. The van der Waals surface area contributed by atoms with E-state index in [0.717, 1.165) is 11.8 Å².